The number of nitrogens with two attached hydrogens (primary N) is 1. The first-order valence-corrected chi connectivity index (χ1v) is 4.20. The lowest BCUT2D eigenvalue weighted by atomic mass is 10.5. The van der Waals surface area contributed by atoms with E-state index in [2.05, 4.69) is 5.10 Å². The van der Waals surface area contributed by atoms with Crippen molar-refractivity contribution in [1.82, 2.24) is 9.78 Å². The minimum atomic E-state index is 0. The molecule has 2 aromatic rings. The number of aryl methyl sites for hydroxylation is 1. The third kappa shape index (κ3) is 2.66. The quantitative estimate of drug-likeness (QED) is 0.868. The lowest BCUT2D eigenvalue weighted by Crippen LogP contribution is -1.97. The fraction of sp³-hybridized carbons (Fsp3) is 0.222. The molecule has 0 aromatic carbocycles. The molecule has 0 radical (unpaired) electrons. The van der Waals surface area contributed by atoms with Gasteiger partial charge in [-0.15, -0.1) is 17.5 Å². The Morgan fingerprint density at radius 1 is 1.60 bits per heavy atom. The molecular formula is C9H12ClN3O2. The molecule has 5 nitrogen and oxygen atoms in total. The number of anilines is 1. The summed E-state index contributed by atoms with van der Waals surface area (Å²) in [6, 6.07) is 3.64. The highest BCUT2D eigenvalue weighted by Gasteiger charge is 2.05. The fourth-order valence-electron chi connectivity index (χ4n) is 1.13. The molecule has 0 aliphatic carbocycles. The zero-order valence-electron chi connectivity index (χ0n) is 8.21. The Morgan fingerprint density at radius 2 is 2.40 bits per heavy atom. The van der Waals surface area contributed by atoms with Crippen LogP contribution in [0.2, 0.25) is 0 Å². The van der Waals surface area contributed by atoms with E-state index in [9.17, 15) is 0 Å². The van der Waals surface area contributed by atoms with Gasteiger partial charge in [0.2, 0.25) is 0 Å². The van der Waals surface area contributed by atoms with Crippen molar-refractivity contribution < 1.29 is 9.15 Å². The Hall–Kier alpha value is -1.62. The normalized spacial score (nSPS) is 9.67. The van der Waals surface area contributed by atoms with E-state index in [-0.39, 0.29) is 12.4 Å². The molecule has 15 heavy (non-hydrogen) atoms. The summed E-state index contributed by atoms with van der Waals surface area (Å²) in [4.78, 5) is 0. The molecule has 2 N–H and O–H groups in total. The molecule has 0 fully saturated rings. The molecule has 0 aliphatic rings. The predicted molar refractivity (Wildman–Crippen MR) is 57.9 cm³/mol. The molecule has 0 amide bonds. The summed E-state index contributed by atoms with van der Waals surface area (Å²) >= 11 is 0. The van der Waals surface area contributed by atoms with Gasteiger partial charge in [-0.05, 0) is 12.1 Å². The van der Waals surface area contributed by atoms with Crippen LogP contribution in [0, 0.1) is 0 Å². The van der Waals surface area contributed by atoms with E-state index < -0.39 is 0 Å². The van der Waals surface area contributed by atoms with Gasteiger partial charge in [-0.3, -0.25) is 4.68 Å². The zero-order chi connectivity index (χ0) is 9.97. The van der Waals surface area contributed by atoms with Gasteiger partial charge in [0.25, 0.3) is 5.88 Å². The summed E-state index contributed by atoms with van der Waals surface area (Å²) in [5.74, 6) is 1.18. The van der Waals surface area contributed by atoms with Gasteiger partial charge < -0.3 is 14.9 Å². The molecule has 0 unspecified atom stereocenters. The number of ether oxygens (including phenoxy) is 1. The number of nitrogen functional groups attached to an aromatic ring is 1. The van der Waals surface area contributed by atoms with Gasteiger partial charge >= 0.3 is 0 Å². The van der Waals surface area contributed by atoms with Crippen LogP contribution in [-0.4, -0.2) is 9.78 Å². The number of aromatic nitrogens is 2. The number of halogens is 1. The monoisotopic (exact) mass is 229 g/mol. The van der Waals surface area contributed by atoms with Crippen molar-refractivity contribution in [2.45, 2.75) is 6.61 Å². The van der Waals surface area contributed by atoms with E-state index in [0.717, 1.165) is 5.76 Å². The van der Waals surface area contributed by atoms with Crippen LogP contribution in [0.15, 0.2) is 29.0 Å². The van der Waals surface area contributed by atoms with Gasteiger partial charge in [-0.25, -0.2) is 0 Å². The van der Waals surface area contributed by atoms with Gasteiger partial charge in [0.15, 0.2) is 0 Å². The lowest BCUT2D eigenvalue weighted by Gasteiger charge is -1.99. The molecule has 0 saturated heterocycles. The van der Waals surface area contributed by atoms with E-state index >= 15 is 0 Å². The van der Waals surface area contributed by atoms with Crippen LogP contribution in [0.5, 0.6) is 5.88 Å². The van der Waals surface area contributed by atoms with Crippen molar-refractivity contribution in [1.29, 1.82) is 0 Å². The van der Waals surface area contributed by atoms with Crippen molar-refractivity contribution in [3.8, 4) is 5.88 Å². The highest BCUT2D eigenvalue weighted by Crippen LogP contribution is 2.18. The van der Waals surface area contributed by atoms with Gasteiger partial charge in [0.1, 0.15) is 18.1 Å². The van der Waals surface area contributed by atoms with Gasteiger partial charge in [-0.2, -0.15) is 0 Å². The predicted octanol–water partition coefficient (Wildman–Crippen LogP) is 1.60. The SMILES string of the molecule is Cl.Cn1cc(N)c(OCc2ccco2)n1. The van der Waals surface area contributed by atoms with Crippen LogP contribution < -0.4 is 10.5 Å². The summed E-state index contributed by atoms with van der Waals surface area (Å²) in [5.41, 5.74) is 6.17. The van der Waals surface area contributed by atoms with Gasteiger partial charge in [0, 0.05) is 7.05 Å². The first kappa shape index (κ1) is 11.5. The second kappa shape index (κ2) is 4.75. The molecule has 6 heteroatoms. The van der Waals surface area contributed by atoms with Crippen molar-refractivity contribution in [3.05, 3.63) is 30.4 Å². The summed E-state index contributed by atoms with van der Waals surface area (Å²) in [7, 11) is 1.79. The van der Waals surface area contributed by atoms with E-state index in [1.165, 1.54) is 0 Å². The van der Waals surface area contributed by atoms with Gasteiger partial charge in [0.05, 0.1) is 12.5 Å². The van der Waals surface area contributed by atoms with E-state index in [1.807, 2.05) is 6.07 Å². The molecule has 0 saturated carbocycles. The molecule has 2 aromatic heterocycles. The molecule has 0 spiro atoms. The maximum atomic E-state index is 5.64. The first-order valence-electron chi connectivity index (χ1n) is 4.20. The number of nitrogens with zero attached hydrogens (tertiary/aromatic N) is 2. The molecule has 0 bridgehead atoms. The standard InChI is InChI=1S/C9H11N3O2.ClH/c1-12-5-8(10)9(11-12)14-6-7-3-2-4-13-7;/h2-5H,6,10H2,1H3;1H. The number of rotatable bonds is 3. The smallest absolute Gasteiger partial charge is 0.256 e. The highest BCUT2D eigenvalue weighted by molar-refractivity contribution is 5.85. The lowest BCUT2D eigenvalue weighted by molar-refractivity contribution is 0.259. The third-order valence-corrected chi connectivity index (χ3v) is 1.75. The molecule has 0 atom stereocenters. The number of furan rings is 1. The molecule has 2 rings (SSSR count). The topological polar surface area (TPSA) is 66.2 Å². The van der Waals surface area contributed by atoms with E-state index in [4.69, 9.17) is 14.9 Å². The number of hydrogen-bond acceptors (Lipinski definition) is 4. The zero-order valence-corrected chi connectivity index (χ0v) is 9.03. The van der Waals surface area contributed by atoms with Crippen LogP contribution in [0.3, 0.4) is 0 Å². The number of hydrogen-bond donors (Lipinski definition) is 1. The van der Waals surface area contributed by atoms with Crippen LogP contribution in [0.1, 0.15) is 5.76 Å². The first-order chi connectivity index (χ1) is 6.75. The molecule has 2 heterocycles. The van der Waals surface area contributed by atoms with E-state index in [0.29, 0.717) is 18.2 Å². The molecule has 0 aliphatic heterocycles. The second-order valence-electron chi connectivity index (χ2n) is 2.93. The third-order valence-electron chi connectivity index (χ3n) is 1.75. The highest BCUT2D eigenvalue weighted by atomic mass is 35.5. The second-order valence-corrected chi connectivity index (χ2v) is 2.93. The van der Waals surface area contributed by atoms with Crippen LogP contribution >= 0.6 is 12.4 Å². The Kier molecular flexibility index (Phi) is 3.62. The molecular weight excluding hydrogens is 218 g/mol. The van der Waals surface area contributed by atoms with Crippen molar-refractivity contribution in [2.75, 3.05) is 5.73 Å². The minimum Gasteiger partial charge on any atom is -0.467 e. The summed E-state index contributed by atoms with van der Waals surface area (Å²) in [6.07, 6.45) is 3.29. The fourth-order valence-corrected chi connectivity index (χ4v) is 1.13. The van der Waals surface area contributed by atoms with Crippen LogP contribution in [0.4, 0.5) is 5.69 Å². The van der Waals surface area contributed by atoms with Crippen LogP contribution in [0.25, 0.3) is 0 Å². The van der Waals surface area contributed by atoms with Gasteiger partial charge in [-0.1, -0.05) is 0 Å². The van der Waals surface area contributed by atoms with Crippen molar-refractivity contribution >= 4 is 18.1 Å². The average Bonchev–Trinajstić information content (AvgIpc) is 2.72. The Bertz CT molecular complexity index is 411. The summed E-state index contributed by atoms with van der Waals surface area (Å²) < 4.78 is 12.1. The van der Waals surface area contributed by atoms with E-state index in [1.54, 1.807) is 30.3 Å². The summed E-state index contributed by atoms with van der Waals surface area (Å²) in [6.45, 7) is 0.341. The summed E-state index contributed by atoms with van der Waals surface area (Å²) in [5, 5.41) is 4.04. The maximum absolute atomic E-state index is 5.64. The van der Waals surface area contributed by atoms with Crippen molar-refractivity contribution in [2.24, 2.45) is 7.05 Å². The van der Waals surface area contributed by atoms with Crippen molar-refractivity contribution in [3.63, 3.8) is 0 Å². The Balaban J connectivity index is 0.00000112. The Morgan fingerprint density at radius 3 is 2.93 bits per heavy atom. The Labute approximate surface area is 93.2 Å². The minimum absolute atomic E-state index is 0. The maximum Gasteiger partial charge on any atom is 0.256 e. The largest absolute Gasteiger partial charge is 0.467 e. The average molecular weight is 230 g/mol. The van der Waals surface area contributed by atoms with Crippen LogP contribution in [-0.2, 0) is 13.7 Å². The molecule has 82 valence electrons.